The Balaban J connectivity index is 0.00000261. The monoisotopic (exact) mass is 421 g/mol. The first-order chi connectivity index (χ1) is 12.3. The van der Waals surface area contributed by atoms with E-state index in [0.29, 0.717) is 11.3 Å². The van der Waals surface area contributed by atoms with Gasteiger partial charge < -0.3 is 21.0 Å². The molecule has 0 unspecified atom stereocenters. The van der Waals surface area contributed by atoms with Crippen LogP contribution in [0.5, 0.6) is 0 Å². The number of nitrogens with two attached hydrogens (primary N) is 1. The molecule has 2 atom stereocenters. The van der Waals surface area contributed by atoms with E-state index in [9.17, 15) is 19.5 Å². The van der Waals surface area contributed by atoms with Crippen LogP contribution in [0.2, 0.25) is 0 Å². The maximum absolute atomic E-state index is 12.5. The van der Waals surface area contributed by atoms with Crippen molar-refractivity contribution in [2.45, 2.75) is 18.3 Å². The molecule has 140 valence electrons. The summed E-state index contributed by atoms with van der Waals surface area (Å²) in [7, 11) is 1.28. The van der Waals surface area contributed by atoms with Crippen LogP contribution >= 0.6 is 23.1 Å². The van der Waals surface area contributed by atoms with Gasteiger partial charge in [-0.05, 0) is 12.5 Å². The number of nitrogens with one attached hydrogen (secondary N) is 1. The number of oxime groups is 1. The average molecular weight is 421 g/mol. The number of hydrogen-bond acceptors (Lipinski definition) is 9. The van der Waals surface area contributed by atoms with Gasteiger partial charge in [-0.2, -0.15) is 0 Å². The Kier molecular flexibility index (Phi) is 6.92. The molecule has 0 aromatic carbocycles. The van der Waals surface area contributed by atoms with Gasteiger partial charge in [0.25, 0.3) is 11.8 Å². The molecule has 0 aliphatic carbocycles. The van der Waals surface area contributed by atoms with Crippen molar-refractivity contribution in [2.75, 3.05) is 18.6 Å². The molecule has 1 saturated heterocycles. The Hall–Kier alpha value is -1.60. The molecule has 0 saturated carbocycles. The number of fused-ring (bicyclic) bond motifs is 1. The summed E-state index contributed by atoms with van der Waals surface area (Å²) in [5, 5.41) is 16.9. The first kappa shape index (κ1) is 21.7. The van der Waals surface area contributed by atoms with Crippen LogP contribution in [0.25, 0.3) is 0 Å². The second-order valence-electron chi connectivity index (χ2n) is 5.49. The maximum atomic E-state index is 12.5. The number of carboxylic acid groups (broad SMARTS) is 1. The number of thioether (sulfide) groups is 1. The molecule has 1 aromatic heterocycles. The van der Waals surface area contributed by atoms with Gasteiger partial charge >= 0.3 is 35.5 Å². The van der Waals surface area contributed by atoms with Gasteiger partial charge in [-0.15, -0.1) is 23.1 Å². The van der Waals surface area contributed by atoms with E-state index in [2.05, 4.69) is 20.3 Å². The van der Waals surface area contributed by atoms with Crippen LogP contribution in [-0.4, -0.2) is 92.3 Å². The Morgan fingerprint density at radius 3 is 2.78 bits per heavy atom. The summed E-state index contributed by atoms with van der Waals surface area (Å²) in [6, 6.07) is -0.854. The van der Waals surface area contributed by atoms with E-state index in [0.717, 1.165) is 11.3 Å². The molecule has 2 aliphatic heterocycles. The minimum atomic E-state index is -1.16. The molecular weight excluding hydrogens is 405 g/mol. The summed E-state index contributed by atoms with van der Waals surface area (Å²) in [4.78, 5) is 46.2. The summed E-state index contributed by atoms with van der Waals surface area (Å²) >= 11 is 2.52. The number of rotatable bonds is 5. The van der Waals surface area contributed by atoms with Gasteiger partial charge in [0.05, 0.1) is 0 Å². The van der Waals surface area contributed by atoms with Crippen LogP contribution < -0.4 is 11.1 Å². The van der Waals surface area contributed by atoms with Gasteiger partial charge in [0, 0.05) is 11.1 Å². The molecular formula is C14H16N5NaO5S2. The quantitative estimate of drug-likeness (QED) is 0.242. The van der Waals surface area contributed by atoms with Gasteiger partial charge in [0.15, 0.2) is 10.8 Å². The van der Waals surface area contributed by atoms with Crippen LogP contribution in [0.15, 0.2) is 21.8 Å². The topological polar surface area (TPSA) is 147 Å². The summed E-state index contributed by atoms with van der Waals surface area (Å²) in [5.74, 6) is -1.84. The molecule has 2 amide bonds. The second kappa shape index (κ2) is 8.61. The van der Waals surface area contributed by atoms with Crippen LogP contribution in [0.4, 0.5) is 5.13 Å². The number of amides is 2. The van der Waals surface area contributed by atoms with Crippen molar-refractivity contribution in [2.24, 2.45) is 5.16 Å². The molecule has 1 aromatic rings. The van der Waals surface area contributed by atoms with E-state index in [1.807, 2.05) is 0 Å². The number of nitrogen functional groups attached to an aromatic ring is 1. The third-order valence-electron chi connectivity index (χ3n) is 3.81. The van der Waals surface area contributed by atoms with E-state index >= 15 is 0 Å². The first-order valence-electron chi connectivity index (χ1n) is 7.36. The number of nitrogens with zero attached hydrogens (tertiary/aromatic N) is 3. The Morgan fingerprint density at radius 1 is 1.52 bits per heavy atom. The molecule has 13 heteroatoms. The van der Waals surface area contributed by atoms with Crippen LogP contribution in [0, 0.1) is 0 Å². The van der Waals surface area contributed by atoms with Crippen molar-refractivity contribution < 1.29 is 24.3 Å². The van der Waals surface area contributed by atoms with Crippen molar-refractivity contribution in [1.29, 1.82) is 0 Å². The molecule has 3 heterocycles. The molecule has 27 heavy (non-hydrogen) atoms. The number of carbonyl (C=O) groups is 3. The van der Waals surface area contributed by atoms with Gasteiger partial charge in [0.1, 0.15) is 29.9 Å². The van der Waals surface area contributed by atoms with Gasteiger partial charge in [-0.1, -0.05) is 5.16 Å². The zero-order valence-electron chi connectivity index (χ0n) is 13.8. The van der Waals surface area contributed by atoms with Crippen LogP contribution in [-0.2, 0) is 19.2 Å². The minimum absolute atomic E-state index is 0. The standard InChI is InChI=1S/C14H15N5O5S2.Na.H/c1-5-3-25-12-8(11(21)19(12)9(5)13(22)23)17-10(20)7(18-24-2)6-4-26-14(15)16-6;;/h4,8,12H,3H2,1-2H3,(H2,15,16)(H,17,20)(H,22,23);;/b18-7+;;/t8-,12-;;/m1../s1. The number of hydrogen-bond donors (Lipinski definition) is 3. The molecule has 0 radical (unpaired) electrons. The summed E-state index contributed by atoms with van der Waals surface area (Å²) in [5.41, 5.74) is 6.27. The molecule has 10 nitrogen and oxygen atoms in total. The predicted molar refractivity (Wildman–Crippen MR) is 103 cm³/mol. The Morgan fingerprint density at radius 2 is 2.22 bits per heavy atom. The molecule has 2 aliphatic rings. The molecule has 4 N–H and O–H groups in total. The molecule has 0 spiro atoms. The predicted octanol–water partition coefficient (Wildman–Crippen LogP) is -0.814. The van der Waals surface area contributed by atoms with E-state index in [4.69, 9.17) is 5.73 Å². The van der Waals surface area contributed by atoms with E-state index in [1.165, 1.54) is 23.8 Å². The number of anilines is 1. The fourth-order valence-electron chi connectivity index (χ4n) is 2.68. The zero-order valence-corrected chi connectivity index (χ0v) is 15.4. The van der Waals surface area contributed by atoms with E-state index < -0.39 is 29.2 Å². The van der Waals surface area contributed by atoms with Crippen molar-refractivity contribution in [3.05, 3.63) is 22.3 Å². The second-order valence-corrected chi connectivity index (χ2v) is 7.48. The number of carbonyl (C=O) groups excluding carboxylic acids is 2. The summed E-state index contributed by atoms with van der Waals surface area (Å²) in [6.45, 7) is 1.67. The third kappa shape index (κ3) is 3.99. The van der Waals surface area contributed by atoms with Crippen molar-refractivity contribution in [3.8, 4) is 0 Å². The third-order valence-corrected chi connectivity index (χ3v) is 5.91. The van der Waals surface area contributed by atoms with Crippen LogP contribution in [0.1, 0.15) is 12.6 Å². The Labute approximate surface area is 184 Å². The summed E-state index contributed by atoms with van der Waals surface area (Å²) in [6.07, 6.45) is 0. The normalized spacial score (nSPS) is 21.8. The fraction of sp³-hybridized carbons (Fsp3) is 0.357. The number of aliphatic carboxylic acids is 1. The number of aromatic nitrogens is 1. The van der Waals surface area contributed by atoms with Gasteiger partial charge in [-0.25, -0.2) is 9.78 Å². The fourth-order valence-corrected chi connectivity index (χ4v) is 4.52. The van der Waals surface area contributed by atoms with E-state index in [1.54, 1.807) is 12.3 Å². The number of thiazole rings is 1. The number of carboxylic acids is 1. The average Bonchev–Trinajstić information content (AvgIpc) is 3.02. The van der Waals surface area contributed by atoms with Crippen LogP contribution in [0.3, 0.4) is 0 Å². The zero-order chi connectivity index (χ0) is 19.0. The number of β-lactam (4-membered cyclic amide) rings is 1. The van der Waals surface area contributed by atoms with Crippen molar-refractivity contribution in [3.63, 3.8) is 0 Å². The van der Waals surface area contributed by atoms with E-state index in [-0.39, 0.29) is 51.8 Å². The van der Waals surface area contributed by atoms with Gasteiger partial charge in [-0.3, -0.25) is 14.5 Å². The van der Waals surface area contributed by atoms with Gasteiger partial charge in [0.2, 0.25) is 0 Å². The summed E-state index contributed by atoms with van der Waals surface area (Å²) < 4.78 is 0. The Bertz CT molecular complexity index is 855. The van der Waals surface area contributed by atoms with Crippen molar-refractivity contribution in [1.82, 2.24) is 15.2 Å². The first-order valence-corrected chi connectivity index (χ1v) is 9.29. The molecule has 3 rings (SSSR count). The SMILES string of the molecule is CO/N=C(/C(=O)N[C@@H]1C(=O)N2C(C(=O)O)=C(C)CS[C@H]12)c1csc(N)n1.[NaH]. The molecule has 1 fully saturated rings. The molecule has 0 bridgehead atoms. The van der Waals surface area contributed by atoms with Crippen molar-refractivity contribution >= 4 is 81.3 Å².